The van der Waals surface area contributed by atoms with Crippen molar-refractivity contribution in [2.45, 2.75) is 61.6 Å². The number of aliphatic imine (C=N–C) groups is 1. The van der Waals surface area contributed by atoms with Gasteiger partial charge in [-0.15, -0.1) is 0 Å². The van der Waals surface area contributed by atoms with E-state index in [1.807, 2.05) is 0 Å². The van der Waals surface area contributed by atoms with Crippen LogP contribution in [-0.2, 0) is 5.41 Å². The highest BCUT2D eigenvalue weighted by Crippen LogP contribution is 2.61. The molecule has 1 heterocycles. The second-order valence-corrected chi connectivity index (χ2v) is 8.56. The smallest absolute Gasteiger partial charge is 0.276 e. The molecule has 1 saturated carbocycles. The first-order valence-corrected chi connectivity index (χ1v) is 9.92. The number of halogens is 7. The van der Waals surface area contributed by atoms with Gasteiger partial charge in [-0.2, -0.15) is 26.3 Å². The van der Waals surface area contributed by atoms with Gasteiger partial charge in [0.15, 0.2) is 0 Å². The molecule has 2 unspecified atom stereocenters. The van der Waals surface area contributed by atoms with Crippen molar-refractivity contribution < 1.29 is 30.7 Å². The number of hydrogen-bond donors (Lipinski definition) is 0. The molecule has 1 aliphatic heterocycles. The Morgan fingerprint density at radius 3 is 2.00 bits per heavy atom. The SMILES string of the molecule is CC12CCCC1(CC(F)(C(F)(F)F)C(F)(F)F)N=C(c1ccccc1)c1ccccc12. The summed E-state index contributed by atoms with van der Waals surface area (Å²) in [5.41, 5.74) is -6.29. The van der Waals surface area contributed by atoms with Crippen LogP contribution in [0.1, 0.15) is 49.3 Å². The van der Waals surface area contributed by atoms with Gasteiger partial charge >= 0.3 is 18.0 Å². The summed E-state index contributed by atoms with van der Waals surface area (Å²) in [7, 11) is 0. The average molecular weight is 443 g/mol. The lowest BCUT2D eigenvalue weighted by Crippen LogP contribution is -2.61. The van der Waals surface area contributed by atoms with Crippen molar-refractivity contribution in [1.82, 2.24) is 0 Å². The third kappa shape index (κ3) is 3.09. The van der Waals surface area contributed by atoms with Crippen LogP contribution in [-0.4, -0.2) is 29.3 Å². The Morgan fingerprint density at radius 1 is 0.806 bits per heavy atom. The number of nitrogens with zero attached hydrogens (tertiary/aromatic N) is 1. The van der Waals surface area contributed by atoms with Crippen LogP contribution in [0.5, 0.6) is 0 Å². The lowest BCUT2D eigenvalue weighted by molar-refractivity contribution is -0.347. The fraction of sp³-hybridized carbons (Fsp3) is 0.435. The summed E-state index contributed by atoms with van der Waals surface area (Å²) in [4.78, 5) is 4.55. The molecule has 0 spiro atoms. The van der Waals surface area contributed by atoms with E-state index in [4.69, 9.17) is 0 Å². The second-order valence-electron chi connectivity index (χ2n) is 8.56. The standard InChI is InChI=1S/C23H20F7N/c1-19-12-7-13-20(19,14-21(24,22(25,26)27)23(28,29)30)31-18(15-8-3-2-4-9-15)16-10-5-6-11-17(16)19/h2-6,8-11H,7,12-14H2,1H3. The van der Waals surface area contributed by atoms with Crippen molar-refractivity contribution >= 4 is 5.71 Å². The largest absolute Gasteiger partial charge is 0.431 e. The van der Waals surface area contributed by atoms with Crippen LogP contribution in [0.25, 0.3) is 0 Å². The molecule has 2 aromatic carbocycles. The van der Waals surface area contributed by atoms with E-state index in [-0.39, 0.29) is 6.42 Å². The summed E-state index contributed by atoms with van der Waals surface area (Å²) in [6.07, 6.45) is -13.4. The Labute approximate surface area is 175 Å². The molecule has 0 N–H and O–H groups in total. The van der Waals surface area contributed by atoms with Crippen molar-refractivity contribution in [1.29, 1.82) is 0 Å². The van der Waals surface area contributed by atoms with E-state index >= 15 is 0 Å². The van der Waals surface area contributed by atoms with Crippen molar-refractivity contribution in [2.75, 3.05) is 0 Å². The number of fused-ring (bicyclic) bond motifs is 3. The van der Waals surface area contributed by atoms with Gasteiger partial charge in [0, 0.05) is 23.0 Å². The zero-order valence-corrected chi connectivity index (χ0v) is 16.6. The minimum Gasteiger partial charge on any atom is -0.276 e. The summed E-state index contributed by atoms with van der Waals surface area (Å²) >= 11 is 0. The fourth-order valence-electron chi connectivity index (χ4n) is 5.16. The van der Waals surface area contributed by atoms with Gasteiger partial charge in [-0.1, -0.05) is 67.9 Å². The van der Waals surface area contributed by atoms with Gasteiger partial charge < -0.3 is 0 Å². The maximum Gasteiger partial charge on any atom is 0.431 e. The maximum atomic E-state index is 15.0. The van der Waals surface area contributed by atoms with E-state index in [9.17, 15) is 30.7 Å². The van der Waals surface area contributed by atoms with Crippen molar-refractivity contribution in [3.8, 4) is 0 Å². The number of benzene rings is 2. The summed E-state index contributed by atoms with van der Waals surface area (Å²) in [5.74, 6) is 0. The van der Waals surface area contributed by atoms with Gasteiger partial charge in [0.1, 0.15) is 0 Å². The Kier molecular flexibility index (Phi) is 4.80. The Balaban J connectivity index is 1.98. The Bertz CT molecular complexity index is 995. The van der Waals surface area contributed by atoms with Crippen molar-refractivity contribution in [3.05, 3.63) is 71.3 Å². The van der Waals surface area contributed by atoms with Gasteiger partial charge in [-0.25, -0.2) is 4.39 Å². The summed E-state index contributed by atoms with van der Waals surface area (Å²) in [6.45, 7) is 1.61. The number of hydrogen-bond acceptors (Lipinski definition) is 1. The van der Waals surface area contributed by atoms with Crippen LogP contribution >= 0.6 is 0 Å². The highest BCUT2D eigenvalue weighted by atomic mass is 19.4. The molecular weight excluding hydrogens is 423 g/mol. The van der Waals surface area contributed by atoms with Gasteiger partial charge in [-0.05, 0) is 18.4 Å². The van der Waals surface area contributed by atoms with E-state index in [1.165, 1.54) is 0 Å². The molecule has 0 saturated heterocycles. The van der Waals surface area contributed by atoms with Crippen molar-refractivity contribution in [3.63, 3.8) is 0 Å². The van der Waals surface area contributed by atoms with E-state index in [0.29, 0.717) is 35.2 Å². The molecule has 1 aliphatic carbocycles. The third-order valence-electron chi connectivity index (χ3n) is 6.88. The second kappa shape index (κ2) is 6.81. The molecule has 166 valence electrons. The third-order valence-corrected chi connectivity index (χ3v) is 6.88. The highest BCUT2D eigenvalue weighted by molar-refractivity contribution is 6.15. The monoisotopic (exact) mass is 443 g/mol. The molecule has 1 nitrogen and oxygen atoms in total. The van der Waals surface area contributed by atoms with Crippen LogP contribution in [0.3, 0.4) is 0 Å². The fourth-order valence-corrected chi connectivity index (χ4v) is 5.16. The molecule has 0 bridgehead atoms. The lowest BCUT2D eigenvalue weighted by atomic mass is 9.61. The number of alkyl halides is 7. The molecular formula is C23H20F7N. The Hall–Kier alpha value is -2.38. The normalized spacial score (nSPS) is 26.3. The average Bonchev–Trinajstić information content (AvgIpc) is 3.03. The molecule has 31 heavy (non-hydrogen) atoms. The zero-order valence-electron chi connectivity index (χ0n) is 16.6. The van der Waals surface area contributed by atoms with Crippen LogP contribution < -0.4 is 0 Å². The molecule has 1 fully saturated rings. The van der Waals surface area contributed by atoms with E-state index < -0.39 is 35.4 Å². The molecule has 4 rings (SSSR count). The first-order valence-electron chi connectivity index (χ1n) is 9.92. The molecule has 2 aromatic rings. The van der Waals surface area contributed by atoms with E-state index in [0.717, 1.165) is 0 Å². The summed E-state index contributed by atoms with van der Waals surface area (Å²) in [6, 6.07) is 15.4. The molecule has 0 radical (unpaired) electrons. The minimum absolute atomic E-state index is 0.0635. The van der Waals surface area contributed by atoms with Crippen LogP contribution in [0.4, 0.5) is 30.7 Å². The van der Waals surface area contributed by atoms with Crippen molar-refractivity contribution in [2.24, 2.45) is 4.99 Å². The van der Waals surface area contributed by atoms with E-state index in [2.05, 4.69) is 4.99 Å². The van der Waals surface area contributed by atoms with Crippen LogP contribution in [0, 0.1) is 0 Å². The van der Waals surface area contributed by atoms with Gasteiger partial charge in [0.25, 0.3) is 0 Å². The quantitative estimate of drug-likeness (QED) is 0.456. The first-order chi connectivity index (χ1) is 14.3. The van der Waals surface area contributed by atoms with E-state index in [1.54, 1.807) is 61.5 Å². The topological polar surface area (TPSA) is 12.4 Å². The highest BCUT2D eigenvalue weighted by Gasteiger charge is 2.76. The van der Waals surface area contributed by atoms with Gasteiger partial charge in [0.2, 0.25) is 0 Å². The molecule has 2 atom stereocenters. The van der Waals surface area contributed by atoms with Gasteiger partial charge in [0.05, 0.1) is 11.3 Å². The maximum absolute atomic E-state index is 15.0. The molecule has 8 heteroatoms. The molecule has 0 aromatic heterocycles. The molecule has 2 aliphatic rings. The lowest BCUT2D eigenvalue weighted by Gasteiger charge is -2.49. The van der Waals surface area contributed by atoms with Crippen LogP contribution in [0.15, 0.2) is 59.6 Å². The van der Waals surface area contributed by atoms with Gasteiger partial charge in [-0.3, -0.25) is 4.99 Å². The summed E-state index contributed by atoms with van der Waals surface area (Å²) < 4.78 is 96.0. The minimum atomic E-state index is -6.11. The summed E-state index contributed by atoms with van der Waals surface area (Å²) in [5, 5.41) is 0. The zero-order chi connectivity index (χ0) is 22.7. The number of rotatable bonds is 3. The molecule has 0 amide bonds. The first kappa shape index (κ1) is 21.8. The predicted octanol–water partition coefficient (Wildman–Crippen LogP) is 6.94. The van der Waals surface area contributed by atoms with Crippen LogP contribution in [0.2, 0.25) is 0 Å². The Morgan fingerprint density at radius 2 is 1.39 bits per heavy atom. The predicted molar refractivity (Wildman–Crippen MR) is 103 cm³/mol.